The quantitative estimate of drug-likeness (QED) is 0.844. The summed E-state index contributed by atoms with van der Waals surface area (Å²) in [5.74, 6) is 2.35. The average molecular weight is 275 g/mol. The van der Waals surface area contributed by atoms with E-state index in [0.717, 1.165) is 43.5 Å². The summed E-state index contributed by atoms with van der Waals surface area (Å²) in [6.45, 7) is 8.46. The summed E-state index contributed by atoms with van der Waals surface area (Å²) in [7, 11) is 0. The number of rotatable bonds is 4. The number of carbonyl (C=O) groups is 1. The zero-order valence-electron chi connectivity index (χ0n) is 12.8. The van der Waals surface area contributed by atoms with Gasteiger partial charge in [-0.2, -0.15) is 0 Å². The fraction of sp³-hybridized carbons (Fsp3) is 0.588. The summed E-state index contributed by atoms with van der Waals surface area (Å²) in [4.78, 5) is 14.1. The van der Waals surface area contributed by atoms with Gasteiger partial charge in [-0.3, -0.25) is 4.79 Å². The van der Waals surface area contributed by atoms with Crippen molar-refractivity contribution in [1.82, 2.24) is 4.90 Å². The molecule has 1 heterocycles. The van der Waals surface area contributed by atoms with Crippen molar-refractivity contribution in [2.75, 3.05) is 19.7 Å². The Morgan fingerprint density at radius 2 is 1.85 bits per heavy atom. The van der Waals surface area contributed by atoms with Gasteiger partial charge in [-0.1, -0.05) is 31.5 Å². The molecule has 1 aromatic rings. The van der Waals surface area contributed by atoms with Crippen molar-refractivity contribution >= 4 is 5.91 Å². The number of nitrogens with zero attached hydrogens (tertiary/aromatic N) is 1. The van der Waals surface area contributed by atoms with Crippen LogP contribution in [0.1, 0.15) is 32.3 Å². The molecule has 20 heavy (non-hydrogen) atoms. The van der Waals surface area contributed by atoms with Crippen LogP contribution in [0, 0.1) is 18.8 Å². The van der Waals surface area contributed by atoms with E-state index in [-0.39, 0.29) is 12.5 Å². The molecule has 0 bridgehead atoms. The molecule has 1 aromatic carbocycles. The van der Waals surface area contributed by atoms with Gasteiger partial charge in [0.25, 0.3) is 5.91 Å². The van der Waals surface area contributed by atoms with Crippen molar-refractivity contribution in [2.24, 2.45) is 11.8 Å². The Hall–Kier alpha value is -1.51. The second-order valence-corrected chi connectivity index (χ2v) is 6.06. The Labute approximate surface area is 121 Å². The molecule has 0 unspecified atom stereocenters. The maximum Gasteiger partial charge on any atom is 0.260 e. The molecule has 0 radical (unpaired) electrons. The van der Waals surface area contributed by atoms with Crippen molar-refractivity contribution < 1.29 is 9.53 Å². The Morgan fingerprint density at radius 3 is 2.40 bits per heavy atom. The molecule has 1 saturated heterocycles. The lowest BCUT2D eigenvalue weighted by Gasteiger charge is -2.33. The van der Waals surface area contributed by atoms with E-state index in [9.17, 15) is 4.79 Å². The first kappa shape index (κ1) is 14.9. The highest BCUT2D eigenvalue weighted by molar-refractivity contribution is 5.77. The lowest BCUT2D eigenvalue weighted by Crippen LogP contribution is -2.41. The van der Waals surface area contributed by atoms with E-state index in [0.29, 0.717) is 0 Å². The molecule has 1 aliphatic heterocycles. The first-order chi connectivity index (χ1) is 9.56. The topological polar surface area (TPSA) is 29.5 Å². The van der Waals surface area contributed by atoms with Crippen LogP contribution in [0.25, 0.3) is 0 Å². The number of hydrogen-bond donors (Lipinski definition) is 0. The van der Waals surface area contributed by atoms with Gasteiger partial charge >= 0.3 is 0 Å². The molecule has 0 aromatic heterocycles. The third-order valence-electron chi connectivity index (χ3n) is 4.22. The van der Waals surface area contributed by atoms with Crippen LogP contribution in [-0.2, 0) is 4.79 Å². The maximum absolute atomic E-state index is 12.1. The van der Waals surface area contributed by atoms with E-state index >= 15 is 0 Å². The SMILES string of the molecule is Cc1ccc(OCC(=O)N2CCC(C(C)C)CC2)cc1. The molecule has 3 nitrogen and oxygen atoms in total. The molecule has 0 aliphatic carbocycles. The lowest BCUT2D eigenvalue weighted by atomic mass is 9.87. The van der Waals surface area contributed by atoms with Crippen LogP contribution in [-0.4, -0.2) is 30.5 Å². The molecular weight excluding hydrogens is 250 g/mol. The third-order valence-corrected chi connectivity index (χ3v) is 4.22. The molecule has 0 saturated carbocycles. The van der Waals surface area contributed by atoms with E-state index in [1.54, 1.807) is 0 Å². The Balaban J connectivity index is 1.77. The van der Waals surface area contributed by atoms with E-state index < -0.39 is 0 Å². The zero-order valence-corrected chi connectivity index (χ0v) is 12.8. The molecule has 2 rings (SSSR count). The predicted molar refractivity (Wildman–Crippen MR) is 80.8 cm³/mol. The van der Waals surface area contributed by atoms with Gasteiger partial charge in [0, 0.05) is 13.1 Å². The highest BCUT2D eigenvalue weighted by Gasteiger charge is 2.24. The fourth-order valence-corrected chi connectivity index (χ4v) is 2.69. The molecular formula is C17H25NO2. The minimum absolute atomic E-state index is 0.104. The monoisotopic (exact) mass is 275 g/mol. The normalized spacial score (nSPS) is 16.5. The van der Waals surface area contributed by atoms with E-state index in [4.69, 9.17) is 4.74 Å². The lowest BCUT2D eigenvalue weighted by molar-refractivity contribution is -0.135. The number of likely N-dealkylation sites (tertiary alicyclic amines) is 1. The van der Waals surface area contributed by atoms with Crippen LogP contribution in [0.3, 0.4) is 0 Å². The smallest absolute Gasteiger partial charge is 0.260 e. The van der Waals surface area contributed by atoms with Crippen LogP contribution in [0.4, 0.5) is 0 Å². The standard InChI is InChI=1S/C17H25NO2/c1-13(2)15-8-10-18(11-9-15)17(19)12-20-16-6-4-14(3)5-7-16/h4-7,13,15H,8-12H2,1-3H3. The van der Waals surface area contributed by atoms with Gasteiger partial charge in [-0.25, -0.2) is 0 Å². The van der Waals surface area contributed by atoms with Crippen molar-refractivity contribution in [2.45, 2.75) is 33.6 Å². The molecule has 1 amide bonds. The molecule has 1 fully saturated rings. The van der Waals surface area contributed by atoms with Crippen LogP contribution in [0.5, 0.6) is 5.75 Å². The van der Waals surface area contributed by atoms with E-state index in [1.165, 1.54) is 5.56 Å². The second kappa shape index (κ2) is 6.78. The van der Waals surface area contributed by atoms with Crippen molar-refractivity contribution in [3.05, 3.63) is 29.8 Å². The highest BCUT2D eigenvalue weighted by Crippen LogP contribution is 2.24. The third kappa shape index (κ3) is 3.99. The number of piperidine rings is 1. The van der Waals surface area contributed by atoms with Gasteiger partial charge < -0.3 is 9.64 Å². The van der Waals surface area contributed by atoms with Gasteiger partial charge in [-0.05, 0) is 43.7 Å². The fourth-order valence-electron chi connectivity index (χ4n) is 2.69. The number of carbonyl (C=O) groups excluding carboxylic acids is 1. The first-order valence-electron chi connectivity index (χ1n) is 7.53. The maximum atomic E-state index is 12.1. The predicted octanol–water partition coefficient (Wildman–Crippen LogP) is 3.27. The number of benzene rings is 1. The summed E-state index contributed by atoms with van der Waals surface area (Å²) in [5.41, 5.74) is 1.19. The number of hydrogen-bond acceptors (Lipinski definition) is 2. The van der Waals surface area contributed by atoms with Crippen molar-refractivity contribution in [3.8, 4) is 5.75 Å². The van der Waals surface area contributed by atoms with E-state index in [2.05, 4.69) is 13.8 Å². The minimum atomic E-state index is 0.104. The summed E-state index contributed by atoms with van der Waals surface area (Å²) in [6.07, 6.45) is 2.24. The largest absolute Gasteiger partial charge is 0.484 e. The average Bonchev–Trinajstić information content (AvgIpc) is 2.46. The first-order valence-corrected chi connectivity index (χ1v) is 7.53. The summed E-state index contributed by atoms with van der Waals surface area (Å²) in [5, 5.41) is 0. The van der Waals surface area contributed by atoms with Crippen LogP contribution in [0.15, 0.2) is 24.3 Å². The van der Waals surface area contributed by atoms with Gasteiger partial charge in [0.1, 0.15) is 5.75 Å². The molecule has 0 N–H and O–H groups in total. The molecule has 3 heteroatoms. The molecule has 110 valence electrons. The van der Waals surface area contributed by atoms with Gasteiger partial charge in [0.05, 0.1) is 0 Å². The molecule has 1 aliphatic rings. The van der Waals surface area contributed by atoms with Crippen LogP contribution in [0.2, 0.25) is 0 Å². The Morgan fingerprint density at radius 1 is 1.25 bits per heavy atom. The van der Waals surface area contributed by atoms with Crippen molar-refractivity contribution in [1.29, 1.82) is 0 Å². The van der Waals surface area contributed by atoms with Crippen LogP contribution >= 0.6 is 0 Å². The number of aryl methyl sites for hydroxylation is 1. The number of amides is 1. The van der Waals surface area contributed by atoms with Gasteiger partial charge in [-0.15, -0.1) is 0 Å². The molecule has 0 atom stereocenters. The summed E-state index contributed by atoms with van der Waals surface area (Å²) >= 11 is 0. The van der Waals surface area contributed by atoms with Crippen molar-refractivity contribution in [3.63, 3.8) is 0 Å². The van der Waals surface area contributed by atoms with Crippen LogP contribution < -0.4 is 4.74 Å². The summed E-state index contributed by atoms with van der Waals surface area (Å²) in [6, 6.07) is 7.81. The van der Waals surface area contributed by atoms with E-state index in [1.807, 2.05) is 36.1 Å². The Kier molecular flexibility index (Phi) is 5.05. The van der Waals surface area contributed by atoms with Gasteiger partial charge in [0.2, 0.25) is 0 Å². The second-order valence-electron chi connectivity index (χ2n) is 6.06. The number of ether oxygens (including phenoxy) is 1. The molecule has 0 spiro atoms. The zero-order chi connectivity index (χ0) is 14.5. The highest BCUT2D eigenvalue weighted by atomic mass is 16.5. The van der Waals surface area contributed by atoms with Gasteiger partial charge in [0.15, 0.2) is 6.61 Å². The summed E-state index contributed by atoms with van der Waals surface area (Å²) < 4.78 is 5.56. The minimum Gasteiger partial charge on any atom is -0.484 e. The Bertz CT molecular complexity index is 431.